The van der Waals surface area contributed by atoms with E-state index in [1.54, 1.807) is 12.1 Å². The molecule has 0 amide bonds. The van der Waals surface area contributed by atoms with Crippen LogP contribution in [0.1, 0.15) is 36.4 Å². The lowest BCUT2D eigenvalue weighted by atomic mass is 9.85. The quantitative estimate of drug-likeness (QED) is 0.861. The number of halogens is 2. The van der Waals surface area contributed by atoms with Gasteiger partial charge in [-0.1, -0.05) is 49.4 Å². The molecule has 0 spiro atoms. The molecule has 0 heterocycles. The summed E-state index contributed by atoms with van der Waals surface area (Å²) < 4.78 is 14.6. The highest BCUT2D eigenvalue weighted by atomic mass is 79.9. The molecule has 19 heavy (non-hydrogen) atoms. The molecule has 0 bridgehead atoms. The molecule has 1 nitrogen and oxygen atoms in total. The molecule has 2 aromatic carbocycles. The Bertz CT molecular complexity index is 542. The van der Waals surface area contributed by atoms with E-state index in [2.05, 4.69) is 22.9 Å². The molecule has 0 saturated carbocycles. The van der Waals surface area contributed by atoms with Crippen LogP contribution in [0.4, 0.5) is 4.39 Å². The Morgan fingerprint density at radius 1 is 1.11 bits per heavy atom. The minimum atomic E-state index is -0.343. The lowest BCUT2D eigenvalue weighted by Crippen LogP contribution is -2.20. The number of hydrogen-bond acceptors (Lipinski definition) is 1. The monoisotopic (exact) mass is 321 g/mol. The van der Waals surface area contributed by atoms with Crippen LogP contribution in [0.2, 0.25) is 0 Å². The van der Waals surface area contributed by atoms with Gasteiger partial charge in [-0.05, 0) is 34.0 Å². The lowest BCUT2D eigenvalue weighted by molar-refractivity contribution is 0.504. The van der Waals surface area contributed by atoms with E-state index in [4.69, 9.17) is 5.73 Å². The zero-order valence-corrected chi connectivity index (χ0v) is 12.4. The summed E-state index contributed by atoms with van der Waals surface area (Å²) in [5.41, 5.74) is 8.00. The average Bonchev–Trinajstić information content (AvgIpc) is 2.44. The fourth-order valence-corrected chi connectivity index (χ4v) is 2.77. The van der Waals surface area contributed by atoms with Gasteiger partial charge in [-0.2, -0.15) is 0 Å². The van der Waals surface area contributed by atoms with Gasteiger partial charge in [0.1, 0.15) is 5.82 Å². The SMILES string of the molecule is CCC(c1ccccc1)C(N)c1cccc(Br)c1F. The standard InChI is InChI=1S/C16H17BrFN/c1-2-12(11-7-4-3-5-8-11)16(19)13-9-6-10-14(17)15(13)18/h3-10,12,16H,2,19H2,1H3. The van der Waals surface area contributed by atoms with E-state index < -0.39 is 0 Å². The molecule has 0 radical (unpaired) electrons. The summed E-state index contributed by atoms with van der Waals surface area (Å²) in [4.78, 5) is 0. The van der Waals surface area contributed by atoms with Crippen LogP contribution in [0.15, 0.2) is 53.0 Å². The van der Waals surface area contributed by atoms with Crippen molar-refractivity contribution >= 4 is 15.9 Å². The van der Waals surface area contributed by atoms with E-state index in [1.807, 2.05) is 36.4 Å². The van der Waals surface area contributed by atoms with Crippen molar-refractivity contribution in [2.45, 2.75) is 25.3 Å². The molecular weight excluding hydrogens is 305 g/mol. The van der Waals surface area contributed by atoms with E-state index in [1.165, 1.54) is 0 Å². The smallest absolute Gasteiger partial charge is 0.142 e. The molecule has 0 aromatic heterocycles. The second-order valence-electron chi connectivity index (χ2n) is 4.59. The molecule has 0 saturated heterocycles. The summed E-state index contributed by atoms with van der Waals surface area (Å²) in [6, 6.07) is 15.0. The van der Waals surface area contributed by atoms with Gasteiger partial charge in [0.2, 0.25) is 0 Å². The summed E-state index contributed by atoms with van der Waals surface area (Å²) in [7, 11) is 0. The number of nitrogens with two attached hydrogens (primary N) is 1. The van der Waals surface area contributed by atoms with Crippen LogP contribution in [0, 0.1) is 5.82 Å². The van der Waals surface area contributed by atoms with E-state index in [9.17, 15) is 4.39 Å². The Labute approximate surface area is 121 Å². The predicted molar refractivity (Wildman–Crippen MR) is 80.5 cm³/mol. The van der Waals surface area contributed by atoms with Crippen molar-refractivity contribution in [1.29, 1.82) is 0 Å². The first-order valence-corrected chi connectivity index (χ1v) is 7.19. The number of benzene rings is 2. The average molecular weight is 322 g/mol. The van der Waals surface area contributed by atoms with Gasteiger partial charge >= 0.3 is 0 Å². The second-order valence-corrected chi connectivity index (χ2v) is 5.45. The fourth-order valence-electron chi connectivity index (χ4n) is 2.39. The van der Waals surface area contributed by atoms with Crippen LogP contribution >= 0.6 is 15.9 Å². The highest BCUT2D eigenvalue weighted by molar-refractivity contribution is 9.10. The summed E-state index contributed by atoms with van der Waals surface area (Å²) in [6.45, 7) is 2.08. The van der Waals surface area contributed by atoms with Gasteiger partial charge in [0, 0.05) is 17.5 Å². The molecule has 2 atom stereocenters. The van der Waals surface area contributed by atoms with Crippen LogP contribution in [0.3, 0.4) is 0 Å². The second kappa shape index (κ2) is 6.31. The van der Waals surface area contributed by atoms with Crippen LogP contribution in [-0.2, 0) is 0 Å². The van der Waals surface area contributed by atoms with Crippen LogP contribution < -0.4 is 5.73 Å². The third-order valence-corrected chi connectivity index (χ3v) is 4.05. The van der Waals surface area contributed by atoms with Crippen LogP contribution in [0.5, 0.6) is 0 Å². The topological polar surface area (TPSA) is 26.0 Å². The van der Waals surface area contributed by atoms with Crippen molar-refractivity contribution < 1.29 is 4.39 Å². The Kier molecular flexibility index (Phi) is 4.72. The van der Waals surface area contributed by atoms with Crippen molar-refractivity contribution in [2.75, 3.05) is 0 Å². The molecule has 2 N–H and O–H groups in total. The first-order chi connectivity index (χ1) is 9.15. The first kappa shape index (κ1) is 14.2. The number of rotatable bonds is 4. The first-order valence-electron chi connectivity index (χ1n) is 6.39. The van der Waals surface area contributed by atoms with Crippen LogP contribution in [-0.4, -0.2) is 0 Å². The van der Waals surface area contributed by atoms with Gasteiger partial charge in [0.15, 0.2) is 0 Å². The van der Waals surface area contributed by atoms with E-state index >= 15 is 0 Å². The summed E-state index contributed by atoms with van der Waals surface area (Å²) in [6.07, 6.45) is 0.872. The van der Waals surface area contributed by atoms with Gasteiger partial charge in [0.05, 0.1) is 4.47 Å². The molecule has 2 aromatic rings. The van der Waals surface area contributed by atoms with Gasteiger partial charge in [-0.15, -0.1) is 0 Å². The normalized spacial score (nSPS) is 14.1. The highest BCUT2D eigenvalue weighted by Crippen LogP contribution is 2.34. The van der Waals surface area contributed by atoms with E-state index in [0.717, 1.165) is 12.0 Å². The Morgan fingerprint density at radius 2 is 1.79 bits per heavy atom. The van der Waals surface area contributed by atoms with E-state index in [-0.39, 0.29) is 17.8 Å². The molecule has 3 heteroatoms. The molecule has 0 aliphatic rings. The predicted octanol–water partition coefficient (Wildman–Crippen LogP) is 4.78. The molecule has 100 valence electrons. The van der Waals surface area contributed by atoms with Crippen molar-refractivity contribution in [3.63, 3.8) is 0 Å². The fraction of sp³-hybridized carbons (Fsp3) is 0.250. The minimum absolute atomic E-state index is 0.116. The number of hydrogen-bond donors (Lipinski definition) is 1. The van der Waals surface area contributed by atoms with Gasteiger partial charge in [0.25, 0.3) is 0 Å². The van der Waals surface area contributed by atoms with Crippen molar-refractivity contribution in [2.24, 2.45) is 5.73 Å². The van der Waals surface area contributed by atoms with Gasteiger partial charge in [-0.25, -0.2) is 4.39 Å². The largest absolute Gasteiger partial charge is 0.323 e. The minimum Gasteiger partial charge on any atom is -0.323 e. The summed E-state index contributed by atoms with van der Waals surface area (Å²) >= 11 is 3.21. The Hall–Kier alpha value is -1.19. The molecular formula is C16H17BrFN. The van der Waals surface area contributed by atoms with Crippen molar-refractivity contribution in [1.82, 2.24) is 0 Å². The molecule has 0 fully saturated rings. The summed E-state index contributed by atoms with van der Waals surface area (Å²) in [5, 5.41) is 0. The Balaban J connectivity index is 2.36. The molecule has 0 aliphatic heterocycles. The summed E-state index contributed by atoms with van der Waals surface area (Å²) in [5.74, 6) is -0.144. The van der Waals surface area contributed by atoms with Crippen LogP contribution in [0.25, 0.3) is 0 Å². The molecule has 0 aliphatic carbocycles. The third-order valence-electron chi connectivity index (χ3n) is 3.44. The lowest BCUT2D eigenvalue weighted by Gasteiger charge is -2.24. The van der Waals surface area contributed by atoms with Gasteiger partial charge < -0.3 is 5.73 Å². The molecule has 2 unspecified atom stereocenters. The van der Waals surface area contributed by atoms with Crippen molar-refractivity contribution in [3.8, 4) is 0 Å². The highest BCUT2D eigenvalue weighted by Gasteiger charge is 2.22. The van der Waals surface area contributed by atoms with Gasteiger partial charge in [-0.3, -0.25) is 0 Å². The maximum Gasteiger partial charge on any atom is 0.142 e. The third kappa shape index (κ3) is 3.04. The van der Waals surface area contributed by atoms with E-state index in [0.29, 0.717) is 10.0 Å². The maximum atomic E-state index is 14.1. The maximum absolute atomic E-state index is 14.1. The van der Waals surface area contributed by atoms with Crippen molar-refractivity contribution in [3.05, 3.63) is 69.9 Å². The Morgan fingerprint density at radius 3 is 2.42 bits per heavy atom. The molecule has 2 rings (SSSR count). The zero-order valence-electron chi connectivity index (χ0n) is 10.8. The zero-order chi connectivity index (χ0) is 13.8.